The van der Waals surface area contributed by atoms with Crippen molar-refractivity contribution in [3.05, 3.63) is 34.1 Å². The maximum absolute atomic E-state index is 13.2. The number of nitrogens with one attached hydrogen (secondary N) is 1. The number of nitrogens with zero attached hydrogens (tertiary/aromatic N) is 2. The van der Waals surface area contributed by atoms with Gasteiger partial charge in [0.2, 0.25) is 5.91 Å². The average molecular weight is 267 g/mol. The summed E-state index contributed by atoms with van der Waals surface area (Å²) in [7, 11) is 1.71. The lowest BCUT2D eigenvalue weighted by Gasteiger charge is -2.29. The number of rotatable bonds is 3. The molecule has 1 aliphatic heterocycles. The molecule has 1 heterocycles. The number of carbonyl (C=O) groups is 1. The number of amides is 1. The molecule has 1 aromatic rings. The predicted octanol–water partition coefficient (Wildman–Crippen LogP) is 1.77. The minimum atomic E-state index is -0.571. The summed E-state index contributed by atoms with van der Waals surface area (Å²) in [5.74, 6) is -0.574. The Hall–Kier alpha value is -2.18. The summed E-state index contributed by atoms with van der Waals surface area (Å²) in [5, 5.41) is 13.8. The number of hydrogen-bond donors (Lipinski definition) is 1. The van der Waals surface area contributed by atoms with Crippen LogP contribution in [0.15, 0.2) is 18.2 Å². The second-order valence-corrected chi connectivity index (χ2v) is 4.57. The van der Waals surface area contributed by atoms with E-state index in [9.17, 15) is 19.3 Å². The number of hydrogen-bond acceptors (Lipinski definition) is 4. The first-order valence-corrected chi connectivity index (χ1v) is 5.92. The van der Waals surface area contributed by atoms with Gasteiger partial charge in [-0.05, 0) is 12.5 Å². The summed E-state index contributed by atoms with van der Waals surface area (Å²) in [4.78, 5) is 23.5. The molecule has 0 radical (unpaired) electrons. The molecule has 1 aliphatic rings. The van der Waals surface area contributed by atoms with Crippen LogP contribution in [0.1, 0.15) is 12.8 Å². The molecule has 0 aliphatic carbocycles. The van der Waals surface area contributed by atoms with Gasteiger partial charge in [-0.15, -0.1) is 0 Å². The van der Waals surface area contributed by atoms with Gasteiger partial charge in [-0.2, -0.15) is 0 Å². The van der Waals surface area contributed by atoms with Crippen molar-refractivity contribution >= 4 is 17.3 Å². The van der Waals surface area contributed by atoms with E-state index in [4.69, 9.17) is 0 Å². The first-order chi connectivity index (χ1) is 8.97. The van der Waals surface area contributed by atoms with E-state index in [-0.39, 0.29) is 29.7 Å². The van der Waals surface area contributed by atoms with Gasteiger partial charge in [-0.1, -0.05) is 0 Å². The number of carbonyl (C=O) groups excluding carboxylic acids is 1. The van der Waals surface area contributed by atoms with Crippen molar-refractivity contribution in [2.45, 2.75) is 18.9 Å². The number of anilines is 1. The van der Waals surface area contributed by atoms with Gasteiger partial charge in [-0.25, -0.2) is 4.39 Å². The van der Waals surface area contributed by atoms with Crippen LogP contribution in [-0.4, -0.2) is 35.4 Å². The molecule has 0 saturated carbocycles. The van der Waals surface area contributed by atoms with Crippen LogP contribution in [0, 0.1) is 15.9 Å². The van der Waals surface area contributed by atoms with E-state index in [1.165, 1.54) is 0 Å². The van der Waals surface area contributed by atoms with Crippen molar-refractivity contribution in [3.63, 3.8) is 0 Å². The molecule has 0 spiro atoms. The molecule has 7 heteroatoms. The lowest BCUT2D eigenvalue weighted by atomic mass is 10.0. The Labute approximate surface area is 109 Å². The van der Waals surface area contributed by atoms with Crippen molar-refractivity contribution in [1.29, 1.82) is 0 Å². The minimum Gasteiger partial charge on any atom is -0.376 e. The molecule has 19 heavy (non-hydrogen) atoms. The van der Waals surface area contributed by atoms with Gasteiger partial charge in [0, 0.05) is 38.2 Å². The number of likely N-dealkylation sites (tertiary alicyclic amines) is 1. The molecule has 1 atom stereocenters. The molecule has 6 nitrogen and oxygen atoms in total. The third-order valence-electron chi connectivity index (χ3n) is 3.17. The van der Waals surface area contributed by atoms with E-state index in [0.29, 0.717) is 13.0 Å². The zero-order valence-electron chi connectivity index (χ0n) is 10.4. The fourth-order valence-electron chi connectivity index (χ4n) is 2.07. The highest BCUT2D eigenvalue weighted by atomic mass is 19.1. The zero-order chi connectivity index (χ0) is 14.0. The second kappa shape index (κ2) is 5.21. The van der Waals surface area contributed by atoms with Crippen LogP contribution in [-0.2, 0) is 4.79 Å². The van der Waals surface area contributed by atoms with Crippen molar-refractivity contribution in [1.82, 2.24) is 4.90 Å². The Balaban J connectivity index is 2.16. The van der Waals surface area contributed by atoms with E-state index < -0.39 is 10.7 Å². The van der Waals surface area contributed by atoms with Crippen LogP contribution >= 0.6 is 0 Å². The van der Waals surface area contributed by atoms with Crippen LogP contribution in [0.3, 0.4) is 0 Å². The summed E-state index contributed by atoms with van der Waals surface area (Å²) in [6, 6.07) is 3.04. The van der Waals surface area contributed by atoms with Crippen molar-refractivity contribution < 1.29 is 14.1 Å². The highest BCUT2D eigenvalue weighted by molar-refractivity contribution is 5.78. The lowest BCUT2D eigenvalue weighted by molar-refractivity contribution is -0.384. The molecule has 0 aromatic heterocycles. The Bertz CT molecular complexity index is 521. The molecule has 0 unspecified atom stereocenters. The van der Waals surface area contributed by atoms with E-state index >= 15 is 0 Å². The van der Waals surface area contributed by atoms with E-state index in [2.05, 4.69) is 5.32 Å². The maximum atomic E-state index is 13.2. The van der Waals surface area contributed by atoms with E-state index in [1.54, 1.807) is 11.9 Å². The van der Waals surface area contributed by atoms with Crippen molar-refractivity contribution in [2.24, 2.45) is 0 Å². The van der Waals surface area contributed by atoms with Crippen LogP contribution in [0.5, 0.6) is 0 Å². The van der Waals surface area contributed by atoms with Crippen LogP contribution in [0.25, 0.3) is 0 Å². The van der Waals surface area contributed by atoms with Gasteiger partial charge in [0.15, 0.2) is 0 Å². The maximum Gasteiger partial charge on any atom is 0.292 e. The predicted molar refractivity (Wildman–Crippen MR) is 67.3 cm³/mol. The number of halogens is 1. The number of piperidine rings is 1. The van der Waals surface area contributed by atoms with Gasteiger partial charge < -0.3 is 10.2 Å². The number of nitro benzene ring substituents is 1. The standard InChI is InChI=1S/C12H14FN3O3/c1-15-5-4-9(7-12(15)17)14-10-6-8(13)2-3-11(10)16(18)19/h2-3,6,9,14H,4-5,7H2,1H3/t9-/m1/s1. The highest BCUT2D eigenvalue weighted by Crippen LogP contribution is 2.27. The van der Waals surface area contributed by atoms with Gasteiger partial charge in [-0.3, -0.25) is 14.9 Å². The smallest absolute Gasteiger partial charge is 0.292 e. The normalized spacial score (nSPS) is 19.4. The topological polar surface area (TPSA) is 75.5 Å². The lowest BCUT2D eigenvalue weighted by Crippen LogP contribution is -2.41. The molecular weight excluding hydrogens is 253 g/mol. The van der Waals surface area contributed by atoms with Gasteiger partial charge in [0.25, 0.3) is 5.69 Å². The molecule has 1 fully saturated rings. The van der Waals surface area contributed by atoms with Crippen LogP contribution < -0.4 is 5.32 Å². The third kappa shape index (κ3) is 2.98. The second-order valence-electron chi connectivity index (χ2n) is 4.57. The first kappa shape index (κ1) is 13.3. The monoisotopic (exact) mass is 267 g/mol. The fourth-order valence-corrected chi connectivity index (χ4v) is 2.07. The molecular formula is C12H14FN3O3. The fraction of sp³-hybridized carbons (Fsp3) is 0.417. The Morgan fingerprint density at radius 2 is 2.26 bits per heavy atom. The molecule has 1 amide bonds. The van der Waals surface area contributed by atoms with Crippen molar-refractivity contribution in [3.8, 4) is 0 Å². The number of benzene rings is 1. The summed E-state index contributed by atoms with van der Waals surface area (Å²) >= 11 is 0. The number of nitro groups is 1. The molecule has 2 rings (SSSR count). The molecule has 1 N–H and O–H groups in total. The highest BCUT2D eigenvalue weighted by Gasteiger charge is 2.25. The largest absolute Gasteiger partial charge is 0.376 e. The third-order valence-corrected chi connectivity index (χ3v) is 3.17. The Kier molecular flexibility index (Phi) is 3.64. The first-order valence-electron chi connectivity index (χ1n) is 5.92. The Morgan fingerprint density at radius 3 is 2.89 bits per heavy atom. The molecule has 1 saturated heterocycles. The Morgan fingerprint density at radius 1 is 1.53 bits per heavy atom. The quantitative estimate of drug-likeness (QED) is 0.669. The summed E-state index contributed by atoms with van der Waals surface area (Å²) in [6.45, 7) is 0.583. The molecule has 1 aromatic carbocycles. The summed E-state index contributed by atoms with van der Waals surface area (Å²) in [6.07, 6.45) is 0.931. The van der Waals surface area contributed by atoms with Gasteiger partial charge >= 0.3 is 0 Å². The van der Waals surface area contributed by atoms with Crippen LogP contribution in [0.2, 0.25) is 0 Å². The molecule has 0 bridgehead atoms. The minimum absolute atomic E-state index is 0.0252. The van der Waals surface area contributed by atoms with E-state index in [1.807, 2.05) is 0 Å². The zero-order valence-corrected chi connectivity index (χ0v) is 10.4. The average Bonchev–Trinajstić information content (AvgIpc) is 2.33. The SMILES string of the molecule is CN1CC[C@@H](Nc2cc(F)ccc2[N+](=O)[O-])CC1=O. The summed E-state index contributed by atoms with van der Waals surface area (Å²) < 4.78 is 13.2. The van der Waals surface area contributed by atoms with E-state index in [0.717, 1.165) is 18.2 Å². The van der Waals surface area contributed by atoms with Gasteiger partial charge in [0.1, 0.15) is 11.5 Å². The summed E-state index contributed by atoms with van der Waals surface area (Å²) in [5.41, 5.74) is -0.0693. The molecule has 102 valence electrons. The van der Waals surface area contributed by atoms with Crippen LogP contribution in [0.4, 0.5) is 15.8 Å². The van der Waals surface area contributed by atoms with Gasteiger partial charge in [0.05, 0.1) is 4.92 Å². The van der Waals surface area contributed by atoms with Crippen molar-refractivity contribution in [2.75, 3.05) is 18.9 Å².